The molecule has 0 rings (SSSR count). The smallest absolute Gasteiger partial charge is 0.116 e. The van der Waals surface area contributed by atoms with Crippen molar-refractivity contribution in [3.63, 3.8) is 0 Å². The molecule has 0 amide bonds. The van der Waals surface area contributed by atoms with Gasteiger partial charge in [0.05, 0.1) is 0 Å². The Hall–Kier alpha value is -0.0800. The van der Waals surface area contributed by atoms with Crippen LogP contribution in [0, 0.1) is 11.3 Å². The zero-order chi connectivity index (χ0) is 9.99. The van der Waals surface area contributed by atoms with Gasteiger partial charge in [0.1, 0.15) is 5.72 Å². The van der Waals surface area contributed by atoms with Gasteiger partial charge in [0, 0.05) is 7.11 Å². The summed E-state index contributed by atoms with van der Waals surface area (Å²) < 4.78 is 5.22. The maximum Gasteiger partial charge on any atom is 0.116 e. The molecule has 0 heterocycles. The van der Waals surface area contributed by atoms with Crippen LogP contribution in [0.3, 0.4) is 0 Å². The van der Waals surface area contributed by atoms with Crippen molar-refractivity contribution >= 4 is 0 Å². The lowest BCUT2D eigenvalue weighted by Gasteiger charge is -2.34. The number of rotatable bonds is 3. The second kappa shape index (κ2) is 3.75. The van der Waals surface area contributed by atoms with Crippen LogP contribution >= 0.6 is 0 Å². The normalized spacial score (nSPS) is 20.2. The molecule has 0 aliphatic rings. The third-order valence-corrected chi connectivity index (χ3v) is 2.34. The highest BCUT2D eigenvalue weighted by Gasteiger charge is 2.29. The molecule has 74 valence electrons. The number of methoxy groups -OCH3 is 1. The van der Waals surface area contributed by atoms with Gasteiger partial charge in [-0.05, 0) is 24.7 Å². The summed E-state index contributed by atoms with van der Waals surface area (Å²) in [4.78, 5) is 0. The van der Waals surface area contributed by atoms with Crippen molar-refractivity contribution in [2.24, 2.45) is 17.1 Å². The van der Waals surface area contributed by atoms with E-state index in [0.29, 0.717) is 11.3 Å². The van der Waals surface area contributed by atoms with Crippen molar-refractivity contribution < 1.29 is 4.74 Å². The van der Waals surface area contributed by atoms with Gasteiger partial charge in [-0.25, -0.2) is 0 Å². The van der Waals surface area contributed by atoms with Crippen molar-refractivity contribution in [2.75, 3.05) is 7.11 Å². The fourth-order valence-electron chi connectivity index (χ4n) is 1.32. The van der Waals surface area contributed by atoms with E-state index in [1.54, 1.807) is 7.11 Å². The Morgan fingerprint density at radius 3 is 1.92 bits per heavy atom. The van der Waals surface area contributed by atoms with E-state index in [1.807, 2.05) is 6.92 Å². The second-order valence-corrected chi connectivity index (χ2v) is 5.05. The zero-order valence-electron chi connectivity index (χ0n) is 9.27. The highest BCUT2D eigenvalue weighted by atomic mass is 16.5. The lowest BCUT2D eigenvalue weighted by molar-refractivity contribution is -0.0441. The first-order chi connectivity index (χ1) is 5.19. The van der Waals surface area contributed by atoms with Crippen LogP contribution in [0.1, 0.15) is 41.0 Å². The van der Waals surface area contributed by atoms with E-state index >= 15 is 0 Å². The first-order valence-corrected chi connectivity index (χ1v) is 4.53. The molecule has 0 aliphatic carbocycles. The summed E-state index contributed by atoms with van der Waals surface area (Å²) in [5.41, 5.74) is 5.77. The Labute approximate surface area is 76.5 Å². The van der Waals surface area contributed by atoms with E-state index in [4.69, 9.17) is 10.5 Å². The van der Waals surface area contributed by atoms with Crippen LogP contribution in [0.2, 0.25) is 0 Å². The van der Waals surface area contributed by atoms with Gasteiger partial charge in [0.25, 0.3) is 0 Å². The van der Waals surface area contributed by atoms with Crippen LogP contribution < -0.4 is 5.73 Å². The first-order valence-electron chi connectivity index (χ1n) is 4.53. The van der Waals surface area contributed by atoms with Gasteiger partial charge in [-0.3, -0.25) is 0 Å². The molecule has 0 aromatic rings. The van der Waals surface area contributed by atoms with Crippen molar-refractivity contribution in [2.45, 2.75) is 46.8 Å². The van der Waals surface area contributed by atoms with E-state index in [-0.39, 0.29) is 0 Å². The summed E-state index contributed by atoms with van der Waals surface area (Å²) in [5.74, 6) is 0.377. The third-order valence-electron chi connectivity index (χ3n) is 2.34. The summed E-state index contributed by atoms with van der Waals surface area (Å²) in [6, 6.07) is 0. The molecule has 0 saturated carbocycles. The molecule has 0 radical (unpaired) electrons. The summed E-state index contributed by atoms with van der Waals surface area (Å²) in [7, 11) is 1.67. The largest absolute Gasteiger partial charge is 0.364 e. The molecule has 0 aromatic carbocycles. The Kier molecular flexibility index (Phi) is 3.73. The molecule has 0 saturated heterocycles. The Balaban J connectivity index is 4.13. The predicted octanol–water partition coefficient (Wildman–Crippen LogP) is 2.38. The van der Waals surface area contributed by atoms with E-state index in [0.717, 1.165) is 6.42 Å². The molecule has 12 heavy (non-hydrogen) atoms. The number of hydrogen-bond donors (Lipinski definition) is 1. The molecular weight excluding hydrogens is 150 g/mol. The van der Waals surface area contributed by atoms with Crippen LogP contribution in [-0.4, -0.2) is 12.8 Å². The van der Waals surface area contributed by atoms with Crippen molar-refractivity contribution in [1.82, 2.24) is 0 Å². The van der Waals surface area contributed by atoms with Gasteiger partial charge in [0.15, 0.2) is 0 Å². The molecule has 0 aromatic heterocycles. The van der Waals surface area contributed by atoms with E-state index in [2.05, 4.69) is 27.7 Å². The summed E-state index contributed by atoms with van der Waals surface area (Å²) in [6.45, 7) is 10.7. The lowest BCUT2D eigenvalue weighted by atomic mass is 9.81. The topological polar surface area (TPSA) is 35.2 Å². The summed E-state index contributed by atoms with van der Waals surface area (Å²) in [5, 5.41) is 0. The number of nitrogens with two attached hydrogens (primary N) is 1. The molecule has 2 atom stereocenters. The maximum absolute atomic E-state index is 5.94. The van der Waals surface area contributed by atoms with Gasteiger partial charge in [-0.1, -0.05) is 27.7 Å². The number of ether oxygens (including phenoxy) is 1. The predicted molar refractivity (Wildman–Crippen MR) is 52.8 cm³/mol. The molecule has 0 aliphatic heterocycles. The summed E-state index contributed by atoms with van der Waals surface area (Å²) in [6.07, 6.45) is 1.08. The molecule has 0 spiro atoms. The van der Waals surface area contributed by atoms with E-state index in [1.165, 1.54) is 0 Å². The van der Waals surface area contributed by atoms with Gasteiger partial charge in [0.2, 0.25) is 0 Å². The van der Waals surface area contributed by atoms with E-state index in [9.17, 15) is 0 Å². The van der Waals surface area contributed by atoms with Gasteiger partial charge in [-0.2, -0.15) is 0 Å². The van der Waals surface area contributed by atoms with Crippen LogP contribution in [0.25, 0.3) is 0 Å². The van der Waals surface area contributed by atoms with E-state index < -0.39 is 5.72 Å². The Bertz CT molecular complexity index is 135. The van der Waals surface area contributed by atoms with Crippen LogP contribution in [0.5, 0.6) is 0 Å². The second-order valence-electron chi connectivity index (χ2n) is 5.05. The molecule has 0 bridgehead atoms. The minimum atomic E-state index is -0.493. The zero-order valence-corrected chi connectivity index (χ0v) is 9.27. The fraction of sp³-hybridized carbons (Fsp3) is 1.00. The quantitative estimate of drug-likeness (QED) is 0.665. The monoisotopic (exact) mass is 173 g/mol. The van der Waals surface area contributed by atoms with Crippen molar-refractivity contribution in [1.29, 1.82) is 0 Å². The minimum Gasteiger partial charge on any atom is -0.364 e. The van der Waals surface area contributed by atoms with Gasteiger partial charge >= 0.3 is 0 Å². The average molecular weight is 173 g/mol. The average Bonchev–Trinajstić information content (AvgIpc) is 1.84. The standard InChI is InChI=1S/C10H23NO/c1-8(7-9(2,3)4)10(5,11)12-6/h8H,7,11H2,1-6H3. The lowest BCUT2D eigenvalue weighted by Crippen LogP contribution is -2.45. The Morgan fingerprint density at radius 2 is 1.67 bits per heavy atom. The van der Waals surface area contributed by atoms with Gasteiger partial charge < -0.3 is 10.5 Å². The molecule has 2 unspecified atom stereocenters. The van der Waals surface area contributed by atoms with Crippen LogP contribution in [0.15, 0.2) is 0 Å². The molecule has 0 fully saturated rings. The van der Waals surface area contributed by atoms with Crippen molar-refractivity contribution in [3.05, 3.63) is 0 Å². The highest BCUT2D eigenvalue weighted by Crippen LogP contribution is 2.29. The number of hydrogen-bond acceptors (Lipinski definition) is 2. The van der Waals surface area contributed by atoms with Crippen molar-refractivity contribution in [3.8, 4) is 0 Å². The first kappa shape index (κ1) is 11.9. The van der Waals surface area contributed by atoms with Gasteiger partial charge in [-0.15, -0.1) is 0 Å². The Morgan fingerprint density at radius 1 is 1.25 bits per heavy atom. The minimum absolute atomic E-state index is 0.318. The fourth-order valence-corrected chi connectivity index (χ4v) is 1.32. The molecule has 2 nitrogen and oxygen atoms in total. The highest BCUT2D eigenvalue weighted by molar-refractivity contribution is 4.78. The van der Waals surface area contributed by atoms with Crippen LogP contribution in [-0.2, 0) is 4.74 Å². The summed E-state index contributed by atoms with van der Waals surface area (Å²) >= 11 is 0. The third kappa shape index (κ3) is 4.07. The maximum atomic E-state index is 5.94. The SMILES string of the molecule is COC(C)(N)C(C)CC(C)(C)C. The van der Waals surface area contributed by atoms with Crippen LogP contribution in [0.4, 0.5) is 0 Å². The molecule has 2 N–H and O–H groups in total. The molecular formula is C10H23NO. The molecule has 2 heteroatoms.